The Morgan fingerprint density at radius 2 is 2.33 bits per heavy atom. The Bertz CT molecular complexity index is 368. The van der Waals surface area contributed by atoms with Gasteiger partial charge in [0.05, 0.1) is 6.61 Å². The topological polar surface area (TPSA) is 63.8 Å². The molecule has 0 aliphatic rings. The van der Waals surface area contributed by atoms with Crippen molar-refractivity contribution in [3.8, 4) is 0 Å². The zero-order valence-corrected chi connectivity index (χ0v) is 9.03. The third-order valence-corrected chi connectivity index (χ3v) is 1.69. The van der Waals surface area contributed by atoms with E-state index in [-0.39, 0.29) is 0 Å². The van der Waals surface area contributed by atoms with Gasteiger partial charge in [-0.25, -0.2) is 10.2 Å². The molecular weight excluding hydrogens is 196 g/mol. The minimum Gasteiger partial charge on any atom is -0.460 e. The second-order valence-electron chi connectivity index (χ2n) is 2.94. The molecule has 0 spiro atoms. The Balaban J connectivity index is 2.56. The van der Waals surface area contributed by atoms with Crippen LogP contribution in [0.4, 0.5) is 4.79 Å². The van der Waals surface area contributed by atoms with Gasteiger partial charge < -0.3 is 9.15 Å². The van der Waals surface area contributed by atoms with Crippen molar-refractivity contribution in [3.05, 3.63) is 23.7 Å². The van der Waals surface area contributed by atoms with E-state index >= 15 is 0 Å². The van der Waals surface area contributed by atoms with Crippen LogP contribution in [0.1, 0.15) is 25.4 Å². The lowest BCUT2D eigenvalue weighted by Crippen LogP contribution is -2.20. The van der Waals surface area contributed by atoms with E-state index in [0.717, 1.165) is 5.76 Å². The molecule has 1 N–H and O–H groups in total. The highest BCUT2D eigenvalue weighted by molar-refractivity contribution is 5.96. The van der Waals surface area contributed by atoms with Crippen molar-refractivity contribution >= 4 is 11.8 Å². The Morgan fingerprint density at radius 1 is 1.60 bits per heavy atom. The van der Waals surface area contributed by atoms with Gasteiger partial charge in [0.2, 0.25) is 0 Å². The largest absolute Gasteiger partial charge is 0.460 e. The molecule has 82 valence electrons. The number of furan rings is 1. The highest BCUT2D eigenvalue weighted by atomic mass is 16.5. The van der Waals surface area contributed by atoms with E-state index in [2.05, 4.69) is 15.3 Å². The molecule has 0 unspecified atom stereocenters. The first-order valence-electron chi connectivity index (χ1n) is 4.67. The van der Waals surface area contributed by atoms with Crippen LogP contribution >= 0.6 is 0 Å². The minimum absolute atomic E-state index is 0.320. The molecule has 1 amide bonds. The van der Waals surface area contributed by atoms with Crippen molar-refractivity contribution in [3.63, 3.8) is 0 Å². The predicted molar refractivity (Wildman–Crippen MR) is 55.8 cm³/mol. The fourth-order valence-electron chi connectivity index (χ4n) is 0.977. The van der Waals surface area contributed by atoms with E-state index in [0.29, 0.717) is 18.1 Å². The summed E-state index contributed by atoms with van der Waals surface area (Å²) < 4.78 is 9.96. The van der Waals surface area contributed by atoms with Gasteiger partial charge in [-0.1, -0.05) is 0 Å². The van der Waals surface area contributed by atoms with Gasteiger partial charge in [-0.15, -0.1) is 0 Å². The number of rotatable bonds is 3. The number of aryl methyl sites for hydroxylation is 1. The summed E-state index contributed by atoms with van der Waals surface area (Å²) in [4.78, 5) is 10.9. The van der Waals surface area contributed by atoms with Crippen molar-refractivity contribution in [2.24, 2.45) is 5.10 Å². The maximum Gasteiger partial charge on any atom is 0.427 e. The van der Waals surface area contributed by atoms with E-state index in [1.165, 1.54) is 0 Å². The summed E-state index contributed by atoms with van der Waals surface area (Å²) in [5.41, 5.74) is 2.85. The van der Waals surface area contributed by atoms with Crippen LogP contribution in [0.3, 0.4) is 0 Å². The summed E-state index contributed by atoms with van der Waals surface area (Å²) in [6.07, 6.45) is -0.569. The molecule has 0 saturated heterocycles. The van der Waals surface area contributed by atoms with Gasteiger partial charge in [-0.05, 0) is 32.9 Å². The highest BCUT2D eigenvalue weighted by Crippen LogP contribution is 2.06. The molecule has 15 heavy (non-hydrogen) atoms. The third kappa shape index (κ3) is 3.46. The Kier molecular flexibility index (Phi) is 3.91. The molecule has 0 saturated carbocycles. The zero-order valence-electron chi connectivity index (χ0n) is 9.03. The van der Waals surface area contributed by atoms with E-state index in [9.17, 15) is 4.79 Å². The average molecular weight is 210 g/mol. The van der Waals surface area contributed by atoms with Crippen LogP contribution in [0, 0.1) is 6.92 Å². The third-order valence-electron chi connectivity index (χ3n) is 1.69. The van der Waals surface area contributed by atoms with E-state index in [1.807, 2.05) is 13.0 Å². The molecule has 0 fully saturated rings. The fraction of sp³-hybridized carbons (Fsp3) is 0.400. The predicted octanol–water partition coefficient (Wildman–Crippen LogP) is 2.06. The Labute approximate surface area is 88.1 Å². The van der Waals surface area contributed by atoms with Gasteiger partial charge in [0.25, 0.3) is 0 Å². The number of carbonyl (C=O) groups is 1. The number of carbonyl (C=O) groups excluding carboxylic acids is 1. The molecule has 1 rings (SSSR count). The maximum absolute atomic E-state index is 10.9. The minimum atomic E-state index is -0.569. The Hall–Kier alpha value is -1.78. The molecular formula is C10H14N2O3. The summed E-state index contributed by atoms with van der Waals surface area (Å²) >= 11 is 0. The van der Waals surface area contributed by atoms with Gasteiger partial charge in [0, 0.05) is 0 Å². The van der Waals surface area contributed by atoms with Crippen molar-refractivity contribution in [1.82, 2.24) is 5.43 Å². The van der Waals surface area contributed by atoms with Crippen LogP contribution < -0.4 is 5.43 Å². The summed E-state index contributed by atoms with van der Waals surface area (Å²) in [5, 5.41) is 3.82. The van der Waals surface area contributed by atoms with Crippen LogP contribution in [0.25, 0.3) is 0 Å². The van der Waals surface area contributed by atoms with E-state index in [1.54, 1.807) is 19.9 Å². The van der Waals surface area contributed by atoms with Crippen LogP contribution in [0.5, 0.6) is 0 Å². The second-order valence-corrected chi connectivity index (χ2v) is 2.94. The number of amides is 1. The maximum atomic E-state index is 10.9. The van der Waals surface area contributed by atoms with Gasteiger partial charge >= 0.3 is 6.09 Å². The van der Waals surface area contributed by atoms with Crippen LogP contribution in [0.15, 0.2) is 21.7 Å². The van der Waals surface area contributed by atoms with E-state index in [4.69, 9.17) is 4.42 Å². The van der Waals surface area contributed by atoms with Gasteiger partial charge in [0.15, 0.2) is 0 Å². The molecule has 0 aliphatic carbocycles. The van der Waals surface area contributed by atoms with Gasteiger partial charge in [-0.3, -0.25) is 0 Å². The van der Waals surface area contributed by atoms with Crippen LogP contribution in [-0.2, 0) is 4.74 Å². The molecule has 1 aromatic rings. The summed E-state index contributed by atoms with van der Waals surface area (Å²) in [6.45, 7) is 5.63. The zero-order chi connectivity index (χ0) is 11.3. The first kappa shape index (κ1) is 11.3. The SMILES string of the molecule is CCOC(=O)N/N=C(\C)c1ccc(C)o1. The lowest BCUT2D eigenvalue weighted by atomic mass is 10.3. The lowest BCUT2D eigenvalue weighted by Gasteiger charge is -2.00. The molecule has 0 bridgehead atoms. The van der Waals surface area contributed by atoms with Crippen molar-refractivity contribution in [2.75, 3.05) is 6.61 Å². The normalized spacial score (nSPS) is 11.3. The summed E-state index contributed by atoms with van der Waals surface area (Å²) in [5.74, 6) is 1.43. The molecule has 1 aromatic heterocycles. The molecule has 0 aliphatic heterocycles. The Morgan fingerprint density at radius 3 is 2.87 bits per heavy atom. The number of nitrogens with zero attached hydrogens (tertiary/aromatic N) is 1. The number of hydrazone groups is 1. The van der Waals surface area contributed by atoms with E-state index < -0.39 is 6.09 Å². The number of ether oxygens (including phenoxy) is 1. The molecule has 0 atom stereocenters. The van der Waals surface area contributed by atoms with Gasteiger partial charge in [-0.2, -0.15) is 5.10 Å². The van der Waals surface area contributed by atoms with Crippen molar-refractivity contribution in [1.29, 1.82) is 0 Å². The first-order chi connectivity index (χ1) is 7.13. The summed E-state index contributed by atoms with van der Waals surface area (Å²) in [6, 6.07) is 3.62. The molecule has 5 heteroatoms. The van der Waals surface area contributed by atoms with Crippen LogP contribution in [0.2, 0.25) is 0 Å². The monoisotopic (exact) mass is 210 g/mol. The van der Waals surface area contributed by atoms with Crippen LogP contribution in [-0.4, -0.2) is 18.4 Å². The van der Waals surface area contributed by atoms with Gasteiger partial charge in [0.1, 0.15) is 17.2 Å². The molecule has 5 nitrogen and oxygen atoms in total. The average Bonchev–Trinajstić information content (AvgIpc) is 2.62. The molecule has 1 heterocycles. The summed E-state index contributed by atoms with van der Waals surface area (Å²) in [7, 11) is 0. The van der Waals surface area contributed by atoms with Crippen molar-refractivity contribution < 1.29 is 13.9 Å². The quantitative estimate of drug-likeness (QED) is 0.613. The second kappa shape index (κ2) is 5.19. The molecule has 0 aromatic carbocycles. The number of hydrogen-bond acceptors (Lipinski definition) is 4. The fourth-order valence-corrected chi connectivity index (χ4v) is 0.977. The highest BCUT2D eigenvalue weighted by Gasteiger charge is 2.03. The lowest BCUT2D eigenvalue weighted by molar-refractivity contribution is 0.152. The van der Waals surface area contributed by atoms with Crippen molar-refractivity contribution in [2.45, 2.75) is 20.8 Å². The number of nitrogens with one attached hydrogen (secondary N) is 1. The molecule has 0 radical (unpaired) electrons. The first-order valence-corrected chi connectivity index (χ1v) is 4.67. The smallest absolute Gasteiger partial charge is 0.427 e. The number of hydrogen-bond donors (Lipinski definition) is 1. The standard InChI is InChI=1S/C10H14N2O3/c1-4-14-10(13)12-11-8(3)9-6-5-7(2)15-9/h5-6H,4H2,1-3H3,(H,12,13)/b11-8+.